The Hall–Kier alpha value is -3.02. The van der Waals surface area contributed by atoms with Gasteiger partial charge in [-0.3, -0.25) is 4.79 Å². The van der Waals surface area contributed by atoms with Crippen molar-refractivity contribution < 1.29 is 14.3 Å². The van der Waals surface area contributed by atoms with E-state index in [-0.39, 0.29) is 17.5 Å². The molecule has 2 N–H and O–H groups in total. The first-order valence-electron chi connectivity index (χ1n) is 8.22. The van der Waals surface area contributed by atoms with Gasteiger partial charge in [0.05, 0.1) is 5.56 Å². The zero-order valence-electron chi connectivity index (χ0n) is 13.6. The minimum absolute atomic E-state index is 0.0813. The van der Waals surface area contributed by atoms with Crippen molar-refractivity contribution in [1.82, 2.24) is 9.88 Å². The Labute approximate surface area is 144 Å². The number of fused-ring (bicyclic) bond motifs is 1. The molecule has 128 valence electrons. The number of phenols is 1. The second-order valence-electron chi connectivity index (χ2n) is 6.19. The van der Waals surface area contributed by atoms with Crippen molar-refractivity contribution in [2.45, 2.75) is 0 Å². The van der Waals surface area contributed by atoms with Gasteiger partial charge in [-0.25, -0.2) is 4.39 Å². The molecular formula is C19H18FN3O2. The first kappa shape index (κ1) is 15.5. The lowest BCUT2D eigenvalue weighted by Gasteiger charge is -2.36. The van der Waals surface area contributed by atoms with Gasteiger partial charge < -0.3 is 19.9 Å². The van der Waals surface area contributed by atoms with Crippen LogP contribution in [-0.4, -0.2) is 47.1 Å². The number of hydrogen-bond donors (Lipinski definition) is 2. The average Bonchev–Trinajstić information content (AvgIpc) is 3.05. The number of carbonyl (C=O) groups is 1. The zero-order chi connectivity index (χ0) is 17.4. The third kappa shape index (κ3) is 2.91. The Kier molecular flexibility index (Phi) is 3.80. The molecule has 0 atom stereocenters. The molecule has 4 rings (SSSR count). The summed E-state index contributed by atoms with van der Waals surface area (Å²) in [6.45, 7) is 2.63. The summed E-state index contributed by atoms with van der Waals surface area (Å²) in [5.74, 6) is -0.190. The number of aromatic nitrogens is 1. The Balaban J connectivity index is 1.49. The van der Waals surface area contributed by atoms with Crippen molar-refractivity contribution in [2.75, 3.05) is 31.1 Å². The molecule has 1 aromatic heterocycles. The Morgan fingerprint density at radius 1 is 1.04 bits per heavy atom. The SMILES string of the molecule is O=C(c1c[nH]c2ccc(F)cc12)N1CCN(c2ccc(O)cc2)CC1. The van der Waals surface area contributed by atoms with E-state index >= 15 is 0 Å². The maximum atomic E-state index is 13.5. The predicted octanol–water partition coefficient (Wildman–Crippen LogP) is 2.98. The summed E-state index contributed by atoms with van der Waals surface area (Å²) in [7, 11) is 0. The van der Waals surface area contributed by atoms with Crippen LogP contribution in [0, 0.1) is 5.82 Å². The highest BCUT2D eigenvalue weighted by Gasteiger charge is 2.24. The number of amides is 1. The van der Waals surface area contributed by atoms with Crippen molar-refractivity contribution in [1.29, 1.82) is 0 Å². The Bertz CT molecular complexity index is 912. The predicted molar refractivity (Wildman–Crippen MR) is 94.5 cm³/mol. The number of benzene rings is 2. The van der Waals surface area contributed by atoms with Crippen LogP contribution in [0.2, 0.25) is 0 Å². The van der Waals surface area contributed by atoms with Gasteiger partial charge in [-0.2, -0.15) is 0 Å². The fourth-order valence-electron chi connectivity index (χ4n) is 3.27. The lowest BCUT2D eigenvalue weighted by Crippen LogP contribution is -2.48. The summed E-state index contributed by atoms with van der Waals surface area (Å²) in [6, 6.07) is 11.5. The summed E-state index contributed by atoms with van der Waals surface area (Å²) in [5.41, 5.74) is 2.29. The summed E-state index contributed by atoms with van der Waals surface area (Å²) in [6.07, 6.45) is 1.65. The van der Waals surface area contributed by atoms with Gasteiger partial charge in [0, 0.05) is 49.0 Å². The van der Waals surface area contributed by atoms with Crippen LogP contribution in [0.1, 0.15) is 10.4 Å². The number of halogens is 1. The summed E-state index contributed by atoms with van der Waals surface area (Å²) in [4.78, 5) is 19.8. The quantitative estimate of drug-likeness (QED) is 0.755. The van der Waals surface area contributed by atoms with E-state index in [4.69, 9.17) is 0 Å². The molecule has 1 aliphatic rings. The van der Waals surface area contributed by atoms with Gasteiger partial charge in [0.25, 0.3) is 5.91 Å². The van der Waals surface area contributed by atoms with Crippen LogP contribution in [-0.2, 0) is 0 Å². The van der Waals surface area contributed by atoms with Gasteiger partial charge in [-0.15, -0.1) is 0 Å². The maximum Gasteiger partial charge on any atom is 0.256 e. The number of carbonyl (C=O) groups excluding carboxylic acids is 1. The van der Waals surface area contributed by atoms with E-state index < -0.39 is 0 Å². The molecule has 0 aliphatic carbocycles. The monoisotopic (exact) mass is 339 g/mol. The van der Waals surface area contributed by atoms with E-state index in [1.54, 1.807) is 29.3 Å². The number of rotatable bonds is 2. The van der Waals surface area contributed by atoms with Gasteiger partial charge in [0.1, 0.15) is 11.6 Å². The molecule has 0 unspecified atom stereocenters. The highest BCUT2D eigenvalue weighted by atomic mass is 19.1. The van der Waals surface area contributed by atoms with Gasteiger partial charge in [-0.1, -0.05) is 0 Å². The molecule has 0 spiro atoms. The van der Waals surface area contributed by atoms with Crippen molar-refractivity contribution in [3.05, 3.63) is 60.0 Å². The summed E-state index contributed by atoms with van der Waals surface area (Å²) < 4.78 is 13.5. The van der Waals surface area contributed by atoms with Crippen LogP contribution >= 0.6 is 0 Å². The van der Waals surface area contributed by atoms with Gasteiger partial charge in [-0.05, 0) is 42.5 Å². The molecule has 0 saturated carbocycles. The number of piperazine rings is 1. The molecule has 1 saturated heterocycles. The van der Waals surface area contributed by atoms with Crippen molar-refractivity contribution in [3.8, 4) is 5.75 Å². The molecule has 25 heavy (non-hydrogen) atoms. The molecule has 0 radical (unpaired) electrons. The molecular weight excluding hydrogens is 321 g/mol. The van der Waals surface area contributed by atoms with E-state index in [1.807, 2.05) is 12.1 Å². The summed E-state index contributed by atoms with van der Waals surface area (Å²) in [5, 5.41) is 10.00. The van der Waals surface area contributed by atoms with Crippen LogP contribution in [0.3, 0.4) is 0 Å². The zero-order valence-corrected chi connectivity index (χ0v) is 13.6. The van der Waals surface area contributed by atoms with Gasteiger partial charge in [0.2, 0.25) is 0 Å². The number of nitrogens with zero attached hydrogens (tertiary/aromatic N) is 2. The molecule has 1 amide bonds. The first-order chi connectivity index (χ1) is 12.1. The lowest BCUT2D eigenvalue weighted by atomic mass is 10.1. The molecule has 6 heteroatoms. The van der Waals surface area contributed by atoms with E-state index in [1.165, 1.54) is 12.1 Å². The minimum atomic E-state index is -0.349. The summed E-state index contributed by atoms with van der Waals surface area (Å²) >= 11 is 0. The second-order valence-corrected chi connectivity index (χ2v) is 6.19. The van der Waals surface area contributed by atoms with Crippen molar-refractivity contribution in [3.63, 3.8) is 0 Å². The highest BCUT2D eigenvalue weighted by molar-refractivity contribution is 6.06. The molecule has 2 aromatic carbocycles. The second kappa shape index (κ2) is 6.12. The molecule has 1 aliphatic heterocycles. The third-order valence-corrected chi connectivity index (χ3v) is 4.66. The van der Waals surface area contributed by atoms with Crippen molar-refractivity contribution >= 4 is 22.5 Å². The standard InChI is InChI=1S/C19H18FN3O2/c20-13-1-6-18-16(11-13)17(12-21-18)19(25)23-9-7-22(8-10-23)14-2-4-15(24)5-3-14/h1-6,11-12,21,24H,7-10H2. The third-order valence-electron chi connectivity index (χ3n) is 4.66. The topological polar surface area (TPSA) is 59.6 Å². The Morgan fingerprint density at radius 3 is 2.48 bits per heavy atom. The van der Waals surface area contributed by atoms with Crippen LogP contribution in [0.5, 0.6) is 5.75 Å². The average molecular weight is 339 g/mol. The number of anilines is 1. The maximum absolute atomic E-state index is 13.5. The van der Waals surface area contributed by atoms with Crippen LogP contribution in [0.15, 0.2) is 48.7 Å². The number of H-pyrrole nitrogens is 1. The number of phenolic OH excluding ortho intramolecular Hbond substituents is 1. The molecule has 0 bridgehead atoms. The van der Waals surface area contributed by atoms with Crippen LogP contribution < -0.4 is 4.90 Å². The Morgan fingerprint density at radius 2 is 1.76 bits per heavy atom. The van der Waals surface area contributed by atoms with E-state index in [9.17, 15) is 14.3 Å². The molecule has 2 heterocycles. The fraction of sp³-hybridized carbons (Fsp3) is 0.211. The smallest absolute Gasteiger partial charge is 0.256 e. The van der Waals surface area contributed by atoms with Crippen LogP contribution in [0.4, 0.5) is 10.1 Å². The largest absolute Gasteiger partial charge is 0.508 e. The first-order valence-corrected chi connectivity index (χ1v) is 8.22. The number of aromatic hydroxyl groups is 1. The van der Waals surface area contributed by atoms with Gasteiger partial charge >= 0.3 is 0 Å². The van der Waals surface area contributed by atoms with Gasteiger partial charge in [0.15, 0.2) is 0 Å². The number of nitrogens with one attached hydrogen (secondary N) is 1. The molecule has 1 fully saturated rings. The fourth-order valence-corrected chi connectivity index (χ4v) is 3.27. The van der Waals surface area contributed by atoms with Crippen LogP contribution in [0.25, 0.3) is 10.9 Å². The van der Waals surface area contributed by atoms with E-state index in [0.717, 1.165) is 11.2 Å². The molecule has 3 aromatic rings. The lowest BCUT2D eigenvalue weighted by molar-refractivity contribution is 0.0749. The molecule has 5 nitrogen and oxygen atoms in total. The normalized spacial score (nSPS) is 14.9. The number of hydrogen-bond acceptors (Lipinski definition) is 3. The van der Waals surface area contributed by atoms with E-state index in [0.29, 0.717) is 37.1 Å². The minimum Gasteiger partial charge on any atom is -0.508 e. The van der Waals surface area contributed by atoms with E-state index in [2.05, 4.69) is 9.88 Å². The highest BCUT2D eigenvalue weighted by Crippen LogP contribution is 2.23. The van der Waals surface area contributed by atoms with Crippen molar-refractivity contribution in [2.24, 2.45) is 0 Å². The number of aromatic amines is 1.